The quantitative estimate of drug-likeness (QED) is 0.901. The molecule has 0 aliphatic carbocycles. The minimum Gasteiger partial charge on any atom is -0.341 e. The van der Waals surface area contributed by atoms with Crippen molar-refractivity contribution >= 4 is 17.5 Å². The molecule has 0 spiro atoms. The second-order valence-electron chi connectivity index (χ2n) is 4.59. The van der Waals surface area contributed by atoms with Crippen molar-refractivity contribution in [1.82, 2.24) is 24.9 Å². The van der Waals surface area contributed by atoms with Gasteiger partial charge in [-0.25, -0.2) is 9.97 Å². The van der Waals surface area contributed by atoms with Gasteiger partial charge in [-0.2, -0.15) is 0 Å². The molecule has 2 aromatic heterocycles. The molecular formula is C12H16N6S. The fourth-order valence-electron chi connectivity index (χ4n) is 2.25. The molecule has 19 heavy (non-hydrogen) atoms. The van der Waals surface area contributed by atoms with E-state index in [-0.39, 0.29) is 0 Å². The predicted molar refractivity (Wildman–Crippen MR) is 74.0 cm³/mol. The smallest absolute Gasteiger partial charge is 0.225 e. The van der Waals surface area contributed by atoms with Crippen molar-refractivity contribution in [3.63, 3.8) is 0 Å². The third kappa shape index (κ3) is 3.24. The van der Waals surface area contributed by atoms with Crippen LogP contribution in [0.5, 0.6) is 0 Å². The van der Waals surface area contributed by atoms with E-state index in [4.69, 9.17) is 0 Å². The number of hydrogen-bond acceptors (Lipinski definition) is 7. The van der Waals surface area contributed by atoms with Crippen LogP contribution in [-0.4, -0.2) is 38.7 Å². The van der Waals surface area contributed by atoms with Crippen LogP contribution in [0.4, 0.5) is 5.95 Å². The molecule has 6 nitrogen and oxygen atoms in total. The van der Waals surface area contributed by atoms with E-state index in [2.05, 4.69) is 29.8 Å². The van der Waals surface area contributed by atoms with Gasteiger partial charge in [-0.15, -0.1) is 5.10 Å². The van der Waals surface area contributed by atoms with E-state index < -0.39 is 0 Å². The lowest BCUT2D eigenvalue weighted by Crippen LogP contribution is -2.42. The number of nitrogens with zero attached hydrogens (tertiary/aromatic N) is 5. The van der Waals surface area contributed by atoms with Crippen molar-refractivity contribution in [2.24, 2.45) is 0 Å². The molecule has 0 bridgehead atoms. The zero-order valence-corrected chi connectivity index (χ0v) is 11.4. The Hall–Kier alpha value is -1.60. The molecule has 0 amide bonds. The third-order valence-electron chi connectivity index (χ3n) is 3.31. The molecule has 1 saturated heterocycles. The number of anilines is 1. The molecule has 0 radical (unpaired) electrons. The summed E-state index contributed by atoms with van der Waals surface area (Å²) < 4.78 is 3.86. The lowest BCUT2D eigenvalue weighted by atomic mass is 10.1. The van der Waals surface area contributed by atoms with E-state index in [1.165, 1.54) is 11.5 Å². The summed E-state index contributed by atoms with van der Waals surface area (Å²) in [7, 11) is 0. The van der Waals surface area contributed by atoms with Gasteiger partial charge in [-0.05, 0) is 30.4 Å². The number of rotatable bonds is 4. The normalized spacial score (nSPS) is 16.7. The zero-order valence-electron chi connectivity index (χ0n) is 10.6. The Bertz CT molecular complexity index is 480. The molecule has 2 aromatic rings. The molecule has 3 rings (SSSR count). The lowest BCUT2D eigenvalue weighted by Gasteiger charge is -2.32. The van der Waals surface area contributed by atoms with Crippen LogP contribution in [0.25, 0.3) is 0 Å². The monoisotopic (exact) mass is 276 g/mol. The number of hydrogen-bond donors (Lipinski definition) is 1. The van der Waals surface area contributed by atoms with E-state index in [1.807, 2.05) is 11.4 Å². The SMILES string of the molecule is c1cnc(N2CCC(NCc3csnn3)CC2)nc1. The van der Waals surface area contributed by atoms with Crippen LogP contribution < -0.4 is 10.2 Å². The van der Waals surface area contributed by atoms with Crippen LogP contribution in [0.3, 0.4) is 0 Å². The second kappa shape index (κ2) is 6.03. The Morgan fingerprint density at radius 3 is 2.74 bits per heavy atom. The van der Waals surface area contributed by atoms with Crippen molar-refractivity contribution in [2.45, 2.75) is 25.4 Å². The van der Waals surface area contributed by atoms with Gasteiger partial charge >= 0.3 is 0 Å². The Morgan fingerprint density at radius 1 is 1.26 bits per heavy atom. The van der Waals surface area contributed by atoms with Gasteiger partial charge in [0, 0.05) is 43.4 Å². The van der Waals surface area contributed by atoms with Gasteiger partial charge in [0.25, 0.3) is 0 Å². The molecule has 0 saturated carbocycles. The summed E-state index contributed by atoms with van der Waals surface area (Å²) in [6, 6.07) is 2.39. The average Bonchev–Trinajstić information content (AvgIpc) is 3.00. The highest BCUT2D eigenvalue weighted by atomic mass is 32.1. The Kier molecular flexibility index (Phi) is 3.95. The molecular weight excluding hydrogens is 260 g/mol. The van der Waals surface area contributed by atoms with Crippen LogP contribution in [-0.2, 0) is 6.54 Å². The number of aromatic nitrogens is 4. The van der Waals surface area contributed by atoms with Crippen molar-refractivity contribution in [3.8, 4) is 0 Å². The van der Waals surface area contributed by atoms with Gasteiger partial charge in [-0.1, -0.05) is 4.49 Å². The first-order valence-corrected chi connectivity index (χ1v) is 7.27. The third-order valence-corrected chi connectivity index (χ3v) is 3.86. The van der Waals surface area contributed by atoms with E-state index in [0.717, 1.165) is 44.1 Å². The molecule has 3 heterocycles. The summed E-state index contributed by atoms with van der Waals surface area (Å²) in [6.07, 6.45) is 5.80. The first-order chi connectivity index (χ1) is 9.42. The topological polar surface area (TPSA) is 66.8 Å². The number of nitrogens with one attached hydrogen (secondary N) is 1. The van der Waals surface area contributed by atoms with Crippen molar-refractivity contribution < 1.29 is 0 Å². The highest BCUT2D eigenvalue weighted by Crippen LogP contribution is 2.15. The summed E-state index contributed by atoms with van der Waals surface area (Å²) in [6.45, 7) is 2.80. The lowest BCUT2D eigenvalue weighted by molar-refractivity contribution is 0.409. The minimum absolute atomic E-state index is 0.543. The molecule has 0 unspecified atom stereocenters. The van der Waals surface area contributed by atoms with Crippen molar-refractivity contribution in [3.05, 3.63) is 29.5 Å². The summed E-state index contributed by atoms with van der Waals surface area (Å²) in [4.78, 5) is 10.8. The maximum Gasteiger partial charge on any atom is 0.225 e. The van der Waals surface area contributed by atoms with Crippen LogP contribution in [0.15, 0.2) is 23.8 Å². The Balaban J connectivity index is 1.47. The fraction of sp³-hybridized carbons (Fsp3) is 0.500. The van der Waals surface area contributed by atoms with E-state index >= 15 is 0 Å². The van der Waals surface area contributed by atoms with Crippen LogP contribution in [0.2, 0.25) is 0 Å². The van der Waals surface area contributed by atoms with Gasteiger partial charge in [-0.3, -0.25) is 0 Å². The molecule has 0 atom stereocenters. The number of piperidine rings is 1. The average molecular weight is 276 g/mol. The minimum atomic E-state index is 0.543. The predicted octanol–water partition coefficient (Wildman–Crippen LogP) is 1.09. The molecule has 1 aliphatic rings. The Morgan fingerprint density at radius 2 is 2.05 bits per heavy atom. The van der Waals surface area contributed by atoms with Crippen LogP contribution in [0.1, 0.15) is 18.5 Å². The molecule has 7 heteroatoms. The van der Waals surface area contributed by atoms with E-state index in [0.29, 0.717) is 6.04 Å². The van der Waals surface area contributed by atoms with Gasteiger partial charge in [0.1, 0.15) is 0 Å². The molecule has 1 aliphatic heterocycles. The molecule has 1 N–H and O–H groups in total. The molecule has 0 aromatic carbocycles. The fourth-order valence-corrected chi connectivity index (χ4v) is 2.70. The maximum atomic E-state index is 4.29. The van der Waals surface area contributed by atoms with Gasteiger partial charge in [0.15, 0.2) is 0 Å². The summed E-state index contributed by atoms with van der Waals surface area (Å²) in [5.74, 6) is 0.838. The van der Waals surface area contributed by atoms with Gasteiger partial charge in [0.05, 0.1) is 5.69 Å². The summed E-state index contributed by atoms with van der Waals surface area (Å²) in [5.41, 5.74) is 1.03. The van der Waals surface area contributed by atoms with Crippen LogP contribution in [0, 0.1) is 0 Å². The molecule has 1 fully saturated rings. The second-order valence-corrected chi connectivity index (χ2v) is 5.20. The summed E-state index contributed by atoms with van der Waals surface area (Å²) in [5, 5.41) is 9.56. The highest BCUT2D eigenvalue weighted by molar-refractivity contribution is 7.03. The van der Waals surface area contributed by atoms with Crippen LogP contribution >= 0.6 is 11.5 Å². The van der Waals surface area contributed by atoms with E-state index in [9.17, 15) is 0 Å². The highest BCUT2D eigenvalue weighted by Gasteiger charge is 2.20. The summed E-state index contributed by atoms with van der Waals surface area (Å²) >= 11 is 1.40. The zero-order chi connectivity index (χ0) is 12.9. The van der Waals surface area contributed by atoms with E-state index in [1.54, 1.807) is 12.4 Å². The first kappa shape index (κ1) is 12.4. The Labute approximate surface area is 116 Å². The standard InChI is InChI=1S/C12H16N6S/c1-4-13-12(14-5-1)18-6-2-10(3-7-18)15-8-11-9-19-17-16-11/h1,4-5,9-10,15H,2-3,6-8H2. The largest absolute Gasteiger partial charge is 0.341 e. The van der Waals surface area contributed by atoms with Crippen molar-refractivity contribution in [2.75, 3.05) is 18.0 Å². The van der Waals surface area contributed by atoms with Crippen molar-refractivity contribution in [1.29, 1.82) is 0 Å². The molecule has 100 valence electrons. The van der Waals surface area contributed by atoms with Gasteiger partial charge in [0.2, 0.25) is 5.95 Å². The van der Waals surface area contributed by atoms with Gasteiger partial charge < -0.3 is 10.2 Å². The first-order valence-electron chi connectivity index (χ1n) is 6.43. The maximum absolute atomic E-state index is 4.29.